The Morgan fingerprint density at radius 1 is 1.14 bits per heavy atom. The summed E-state index contributed by atoms with van der Waals surface area (Å²) in [6.45, 7) is 6.70. The zero-order chi connectivity index (χ0) is 20.0. The van der Waals surface area contributed by atoms with Gasteiger partial charge in [-0.2, -0.15) is 0 Å². The molecule has 2 atom stereocenters. The van der Waals surface area contributed by atoms with Crippen LogP contribution in [0.15, 0.2) is 54.6 Å². The molecule has 0 bridgehead atoms. The molecule has 5 nitrogen and oxygen atoms in total. The Labute approximate surface area is 167 Å². The Bertz CT molecular complexity index is 755. The zero-order valence-corrected chi connectivity index (χ0v) is 16.7. The summed E-state index contributed by atoms with van der Waals surface area (Å²) in [4.78, 5) is 14.4. The van der Waals surface area contributed by atoms with Crippen molar-refractivity contribution in [1.82, 2.24) is 10.2 Å². The number of fused-ring (bicyclic) bond motifs is 1. The molecule has 3 rings (SSSR count). The number of carbonyl (C=O) groups is 1. The van der Waals surface area contributed by atoms with Crippen LogP contribution >= 0.6 is 0 Å². The number of carbonyl (C=O) groups excluding carboxylic acids is 1. The second kappa shape index (κ2) is 9.22. The maximum absolute atomic E-state index is 12.1. The van der Waals surface area contributed by atoms with Gasteiger partial charge in [0.15, 0.2) is 6.61 Å². The molecule has 0 aliphatic carbocycles. The molecule has 0 aromatic heterocycles. The highest BCUT2D eigenvalue weighted by Gasteiger charge is 2.35. The monoisotopic (exact) mass is 382 g/mol. The van der Waals surface area contributed by atoms with Crippen molar-refractivity contribution in [3.63, 3.8) is 0 Å². The van der Waals surface area contributed by atoms with Crippen molar-refractivity contribution >= 4 is 5.91 Å². The number of para-hydroxylation sites is 1. The molecule has 5 heteroatoms. The molecular formula is C23H30N2O3. The van der Waals surface area contributed by atoms with E-state index in [1.54, 1.807) is 0 Å². The highest BCUT2D eigenvalue weighted by Crippen LogP contribution is 2.28. The average Bonchev–Trinajstić information content (AvgIpc) is 3.13. The predicted octanol–water partition coefficient (Wildman–Crippen LogP) is 2.97. The quantitative estimate of drug-likeness (QED) is 0.700. The van der Waals surface area contributed by atoms with Gasteiger partial charge >= 0.3 is 0 Å². The first-order valence-corrected chi connectivity index (χ1v) is 9.96. The lowest BCUT2D eigenvalue weighted by Gasteiger charge is -2.36. The number of aliphatic hydroxyl groups is 1. The molecule has 150 valence electrons. The Hall–Kier alpha value is -2.37. The normalized spacial score (nSPS) is 16.8. The molecule has 0 saturated carbocycles. The van der Waals surface area contributed by atoms with Crippen molar-refractivity contribution in [1.29, 1.82) is 0 Å². The van der Waals surface area contributed by atoms with Gasteiger partial charge in [-0.25, -0.2) is 0 Å². The molecular weight excluding hydrogens is 352 g/mol. The highest BCUT2D eigenvalue weighted by molar-refractivity contribution is 5.77. The number of ether oxygens (including phenoxy) is 1. The standard InChI is InChI=1S/C23H30N2O3/c1-3-23(27,17-25-14-19-9-7-8-10-20(19)15-25)18(2)13-24-22(26)16-28-21-11-5-4-6-12-21/h4-12,18,27H,3,13-17H2,1-2H3,(H,24,26). The fourth-order valence-electron chi connectivity index (χ4n) is 3.69. The van der Waals surface area contributed by atoms with Crippen molar-refractivity contribution in [3.05, 3.63) is 65.7 Å². The first-order valence-electron chi connectivity index (χ1n) is 9.96. The fourth-order valence-corrected chi connectivity index (χ4v) is 3.69. The van der Waals surface area contributed by atoms with Gasteiger partial charge in [0.1, 0.15) is 5.75 Å². The third-order valence-corrected chi connectivity index (χ3v) is 5.65. The van der Waals surface area contributed by atoms with Crippen molar-refractivity contribution < 1.29 is 14.6 Å². The summed E-state index contributed by atoms with van der Waals surface area (Å²) >= 11 is 0. The van der Waals surface area contributed by atoms with E-state index in [4.69, 9.17) is 4.74 Å². The SMILES string of the molecule is CCC(O)(CN1Cc2ccccc2C1)C(C)CNC(=O)COc1ccccc1. The van der Waals surface area contributed by atoms with Crippen LogP contribution in [0.1, 0.15) is 31.4 Å². The number of rotatable bonds is 9. The summed E-state index contributed by atoms with van der Waals surface area (Å²) in [7, 11) is 0. The highest BCUT2D eigenvalue weighted by atomic mass is 16.5. The molecule has 1 amide bonds. The number of hydrogen-bond donors (Lipinski definition) is 2. The third-order valence-electron chi connectivity index (χ3n) is 5.65. The summed E-state index contributed by atoms with van der Waals surface area (Å²) in [6, 6.07) is 17.7. The molecule has 0 radical (unpaired) electrons. The van der Waals surface area contributed by atoms with Gasteiger partial charge < -0.3 is 15.2 Å². The molecule has 0 fully saturated rings. The summed E-state index contributed by atoms with van der Waals surface area (Å²) in [5, 5.41) is 14.1. The Morgan fingerprint density at radius 3 is 2.36 bits per heavy atom. The van der Waals surface area contributed by atoms with E-state index in [1.807, 2.05) is 44.2 Å². The minimum Gasteiger partial charge on any atom is -0.484 e. The van der Waals surface area contributed by atoms with Crippen LogP contribution in [0.5, 0.6) is 5.75 Å². The van der Waals surface area contributed by atoms with Gasteiger partial charge in [-0.05, 0) is 29.7 Å². The lowest BCUT2D eigenvalue weighted by atomic mass is 9.85. The van der Waals surface area contributed by atoms with Crippen LogP contribution in [0.3, 0.4) is 0 Å². The molecule has 1 aliphatic heterocycles. The summed E-state index contributed by atoms with van der Waals surface area (Å²) < 4.78 is 5.47. The van der Waals surface area contributed by atoms with E-state index in [9.17, 15) is 9.90 Å². The maximum atomic E-state index is 12.1. The predicted molar refractivity (Wildman–Crippen MR) is 110 cm³/mol. The lowest BCUT2D eigenvalue weighted by Crippen LogP contribution is -2.49. The molecule has 2 N–H and O–H groups in total. The van der Waals surface area contributed by atoms with Gasteiger partial charge in [0.2, 0.25) is 0 Å². The Balaban J connectivity index is 1.47. The first kappa shape index (κ1) is 20.4. The minimum absolute atomic E-state index is 0.0251. The van der Waals surface area contributed by atoms with E-state index in [-0.39, 0.29) is 18.4 Å². The topological polar surface area (TPSA) is 61.8 Å². The van der Waals surface area contributed by atoms with E-state index in [2.05, 4.69) is 34.5 Å². The number of hydrogen-bond acceptors (Lipinski definition) is 4. The molecule has 0 saturated heterocycles. The first-order chi connectivity index (χ1) is 13.5. The number of β-amino-alcohol motifs (C(OH)–C–C–N with tert-alkyl or cyclic N) is 1. The zero-order valence-electron chi connectivity index (χ0n) is 16.7. The van der Waals surface area contributed by atoms with Gasteiger partial charge in [0, 0.05) is 32.1 Å². The minimum atomic E-state index is -0.852. The van der Waals surface area contributed by atoms with E-state index < -0.39 is 5.60 Å². The van der Waals surface area contributed by atoms with E-state index in [0.29, 0.717) is 25.3 Å². The Morgan fingerprint density at radius 2 is 1.75 bits per heavy atom. The molecule has 2 aromatic carbocycles. The van der Waals surface area contributed by atoms with Crippen LogP contribution in [0.25, 0.3) is 0 Å². The van der Waals surface area contributed by atoms with Gasteiger partial charge in [0.05, 0.1) is 5.60 Å². The van der Waals surface area contributed by atoms with Crippen LogP contribution in [0.4, 0.5) is 0 Å². The molecule has 2 aromatic rings. The van der Waals surface area contributed by atoms with Gasteiger partial charge in [0.25, 0.3) is 5.91 Å². The van der Waals surface area contributed by atoms with Crippen molar-refractivity contribution in [3.8, 4) is 5.75 Å². The number of nitrogens with zero attached hydrogens (tertiary/aromatic N) is 1. The molecule has 0 spiro atoms. The van der Waals surface area contributed by atoms with Crippen LogP contribution < -0.4 is 10.1 Å². The van der Waals surface area contributed by atoms with Crippen LogP contribution in [-0.2, 0) is 17.9 Å². The van der Waals surface area contributed by atoms with E-state index in [1.165, 1.54) is 11.1 Å². The van der Waals surface area contributed by atoms with E-state index >= 15 is 0 Å². The van der Waals surface area contributed by atoms with Crippen LogP contribution in [0, 0.1) is 5.92 Å². The number of benzene rings is 2. The largest absolute Gasteiger partial charge is 0.484 e. The average molecular weight is 383 g/mol. The van der Waals surface area contributed by atoms with Gasteiger partial charge in [-0.1, -0.05) is 56.3 Å². The summed E-state index contributed by atoms with van der Waals surface area (Å²) in [5.74, 6) is 0.425. The number of amides is 1. The lowest BCUT2D eigenvalue weighted by molar-refractivity contribution is -0.124. The van der Waals surface area contributed by atoms with Crippen LogP contribution in [-0.4, -0.2) is 41.2 Å². The second-order valence-electron chi connectivity index (χ2n) is 7.68. The van der Waals surface area contributed by atoms with Crippen molar-refractivity contribution in [2.45, 2.75) is 39.0 Å². The molecule has 1 aliphatic rings. The molecule has 1 heterocycles. The second-order valence-corrected chi connectivity index (χ2v) is 7.68. The molecule has 28 heavy (non-hydrogen) atoms. The summed E-state index contributed by atoms with van der Waals surface area (Å²) in [5.41, 5.74) is 1.82. The van der Waals surface area contributed by atoms with E-state index in [0.717, 1.165) is 13.1 Å². The Kier molecular flexibility index (Phi) is 6.70. The number of nitrogens with one attached hydrogen (secondary N) is 1. The smallest absolute Gasteiger partial charge is 0.257 e. The van der Waals surface area contributed by atoms with Crippen LogP contribution in [0.2, 0.25) is 0 Å². The third kappa shape index (κ3) is 5.12. The molecule has 2 unspecified atom stereocenters. The summed E-state index contributed by atoms with van der Waals surface area (Å²) in [6.07, 6.45) is 0.636. The van der Waals surface area contributed by atoms with Crippen molar-refractivity contribution in [2.24, 2.45) is 5.92 Å². The van der Waals surface area contributed by atoms with Gasteiger partial charge in [-0.15, -0.1) is 0 Å². The van der Waals surface area contributed by atoms with Gasteiger partial charge in [-0.3, -0.25) is 9.69 Å². The maximum Gasteiger partial charge on any atom is 0.257 e. The van der Waals surface area contributed by atoms with Crippen molar-refractivity contribution in [2.75, 3.05) is 19.7 Å². The fraction of sp³-hybridized carbons (Fsp3) is 0.435.